The third kappa shape index (κ3) is 5.19. The van der Waals surface area contributed by atoms with Crippen LogP contribution in [0.5, 0.6) is 5.88 Å². The van der Waals surface area contributed by atoms with Gasteiger partial charge in [0.25, 0.3) is 5.91 Å². The SMILES string of the molecule is COc1ncccc1C(=O)NCC(C)(C)CCCBr. The Labute approximate surface area is 123 Å². The van der Waals surface area contributed by atoms with Crippen molar-refractivity contribution in [2.45, 2.75) is 26.7 Å². The van der Waals surface area contributed by atoms with E-state index in [9.17, 15) is 4.79 Å². The van der Waals surface area contributed by atoms with Crippen LogP contribution in [0.2, 0.25) is 0 Å². The Morgan fingerprint density at radius 2 is 2.26 bits per heavy atom. The molecule has 0 aliphatic carbocycles. The molecule has 0 aliphatic heterocycles. The van der Waals surface area contributed by atoms with Crippen molar-refractivity contribution in [2.24, 2.45) is 5.41 Å². The molecule has 5 heteroatoms. The molecule has 1 rings (SSSR count). The monoisotopic (exact) mass is 328 g/mol. The molecule has 1 aromatic rings. The number of aromatic nitrogens is 1. The second-order valence-electron chi connectivity index (χ2n) is 5.20. The summed E-state index contributed by atoms with van der Waals surface area (Å²) in [6.07, 6.45) is 3.76. The van der Waals surface area contributed by atoms with Crippen LogP contribution in [0, 0.1) is 5.41 Å². The number of carbonyl (C=O) groups is 1. The molecule has 0 fully saturated rings. The fourth-order valence-corrected chi connectivity index (χ4v) is 2.06. The number of halogens is 1. The summed E-state index contributed by atoms with van der Waals surface area (Å²) < 4.78 is 5.09. The summed E-state index contributed by atoms with van der Waals surface area (Å²) in [7, 11) is 1.51. The first-order chi connectivity index (χ1) is 9.00. The molecule has 0 spiro atoms. The first-order valence-electron chi connectivity index (χ1n) is 6.33. The maximum atomic E-state index is 12.1. The normalized spacial score (nSPS) is 11.2. The number of alkyl halides is 1. The smallest absolute Gasteiger partial charge is 0.256 e. The van der Waals surface area contributed by atoms with Crippen molar-refractivity contribution in [3.63, 3.8) is 0 Å². The molecule has 0 atom stereocenters. The third-order valence-electron chi connectivity index (χ3n) is 2.92. The summed E-state index contributed by atoms with van der Waals surface area (Å²) in [5.74, 6) is 0.218. The fourth-order valence-electron chi connectivity index (χ4n) is 1.77. The van der Waals surface area contributed by atoms with Gasteiger partial charge >= 0.3 is 0 Å². The Bertz CT molecular complexity index is 422. The van der Waals surface area contributed by atoms with Gasteiger partial charge in [-0.05, 0) is 30.4 Å². The van der Waals surface area contributed by atoms with Gasteiger partial charge < -0.3 is 10.1 Å². The van der Waals surface area contributed by atoms with E-state index in [4.69, 9.17) is 4.74 Å². The molecular formula is C14H21BrN2O2. The predicted molar refractivity (Wildman–Crippen MR) is 79.9 cm³/mol. The van der Waals surface area contributed by atoms with Gasteiger partial charge in [-0.2, -0.15) is 0 Å². The van der Waals surface area contributed by atoms with Crippen molar-refractivity contribution < 1.29 is 9.53 Å². The first-order valence-corrected chi connectivity index (χ1v) is 7.45. The number of pyridine rings is 1. The minimum Gasteiger partial charge on any atom is -0.480 e. The Kier molecular flexibility index (Phi) is 6.28. The summed E-state index contributed by atoms with van der Waals surface area (Å²) in [5, 5.41) is 3.94. The quantitative estimate of drug-likeness (QED) is 0.783. The molecule has 0 saturated heterocycles. The van der Waals surface area contributed by atoms with E-state index in [1.54, 1.807) is 18.3 Å². The summed E-state index contributed by atoms with van der Waals surface area (Å²) >= 11 is 3.43. The van der Waals surface area contributed by atoms with Crippen LogP contribution in [0.3, 0.4) is 0 Å². The van der Waals surface area contributed by atoms with Crippen LogP contribution in [-0.2, 0) is 0 Å². The molecule has 4 nitrogen and oxygen atoms in total. The van der Waals surface area contributed by atoms with Crippen LogP contribution in [-0.4, -0.2) is 29.9 Å². The highest BCUT2D eigenvalue weighted by Crippen LogP contribution is 2.22. The number of hydrogen-bond acceptors (Lipinski definition) is 3. The molecule has 1 N–H and O–H groups in total. The number of nitrogens with one attached hydrogen (secondary N) is 1. The number of amides is 1. The maximum absolute atomic E-state index is 12.1. The summed E-state index contributed by atoms with van der Waals surface area (Å²) in [6, 6.07) is 3.44. The molecule has 1 heterocycles. The maximum Gasteiger partial charge on any atom is 0.256 e. The lowest BCUT2D eigenvalue weighted by molar-refractivity contribution is 0.0930. The number of ether oxygens (including phenoxy) is 1. The largest absolute Gasteiger partial charge is 0.480 e. The van der Waals surface area contributed by atoms with Crippen molar-refractivity contribution in [1.82, 2.24) is 10.3 Å². The van der Waals surface area contributed by atoms with Crippen LogP contribution in [0.25, 0.3) is 0 Å². The molecule has 1 amide bonds. The Hall–Kier alpha value is -1.10. The van der Waals surface area contributed by atoms with E-state index in [0.717, 1.165) is 18.2 Å². The van der Waals surface area contributed by atoms with E-state index in [0.29, 0.717) is 18.0 Å². The topological polar surface area (TPSA) is 51.2 Å². The van der Waals surface area contributed by atoms with Crippen LogP contribution in [0.15, 0.2) is 18.3 Å². The molecule has 0 aliphatic rings. The second kappa shape index (κ2) is 7.48. The molecule has 0 bridgehead atoms. The average Bonchev–Trinajstić information content (AvgIpc) is 2.42. The van der Waals surface area contributed by atoms with Gasteiger partial charge in [0.05, 0.1) is 7.11 Å². The highest BCUT2D eigenvalue weighted by molar-refractivity contribution is 9.09. The zero-order chi connectivity index (χ0) is 14.3. The lowest BCUT2D eigenvalue weighted by atomic mass is 9.88. The standard InChI is InChI=1S/C14H21BrN2O2/c1-14(2,7-5-8-15)10-17-12(18)11-6-4-9-16-13(11)19-3/h4,6,9H,5,7-8,10H2,1-3H3,(H,17,18). The zero-order valence-electron chi connectivity index (χ0n) is 11.7. The van der Waals surface area contributed by atoms with Gasteiger partial charge in [0.1, 0.15) is 5.56 Å². The number of hydrogen-bond donors (Lipinski definition) is 1. The van der Waals surface area contributed by atoms with Gasteiger partial charge in [-0.15, -0.1) is 0 Å². The van der Waals surface area contributed by atoms with Crippen LogP contribution in [0.1, 0.15) is 37.0 Å². The van der Waals surface area contributed by atoms with Crippen molar-refractivity contribution >= 4 is 21.8 Å². The summed E-state index contributed by atoms with van der Waals surface area (Å²) in [5.41, 5.74) is 0.556. The van der Waals surface area contributed by atoms with E-state index in [1.165, 1.54) is 7.11 Å². The van der Waals surface area contributed by atoms with Crippen molar-refractivity contribution in [1.29, 1.82) is 0 Å². The van der Waals surface area contributed by atoms with Gasteiger partial charge in [0.2, 0.25) is 5.88 Å². The van der Waals surface area contributed by atoms with Crippen molar-refractivity contribution in [3.05, 3.63) is 23.9 Å². The predicted octanol–water partition coefficient (Wildman–Crippen LogP) is 3.02. The van der Waals surface area contributed by atoms with Crippen molar-refractivity contribution in [3.8, 4) is 5.88 Å². The number of nitrogens with zero attached hydrogens (tertiary/aromatic N) is 1. The van der Waals surface area contributed by atoms with Gasteiger partial charge in [-0.1, -0.05) is 29.8 Å². The molecule has 106 valence electrons. The lowest BCUT2D eigenvalue weighted by Gasteiger charge is -2.24. The van der Waals surface area contributed by atoms with Gasteiger partial charge in [0.15, 0.2) is 0 Å². The van der Waals surface area contributed by atoms with Crippen molar-refractivity contribution in [2.75, 3.05) is 19.0 Å². The number of methoxy groups -OCH3 is 1. The van der Waals surface area contributed by atoms with Gasteiger partial charge in [-0.25, -0.2) is 4.98 Å². The van der Waals surface area contributed by atoms with E-state index in [2.05, 4.69) is 40.1 Å². The zero-order valence-corrected chi connectivity index (χ0v) is 13.3. The lowest BCUT2D eigenvalue weighted by Crippen LogP contribution is -2.34. The van der Waals surface area contributed by atoms with E-state index < -0.39 is 0 Å². The Morgan fingerprint density at radius 3 is 2.89 bits per heavy atom. The van der Waals surface area contributed by atoms with E-state index in [-0.39, 0.29) is 11.3 Å². The molecule has 0 unspecified atom stereocenters. The van der Waals surface area contributed by atoms with Crippen LogP contribution < -0.4 is 10.1 Å². The molecule has 0 saturated carbocycles. The molecule has 0 radical (unpaired) electrons. The second-order valence-corrected chi connectivity index (χ2v) is 5.99. The molecular weight excluding hydrogens is 308 g/mol. The molecule has 0 aromatic carbocycles. The Morgan fingerprint density at radius 1 is 1.53 bits per heavy atom. The highest BCUT2D eigenvalue weighted by atomic mass is 79.9. The third-order valence-corrected chi connectivity index (χ3v) is 3.48. The molecule has 19 heavy (non-hydrogen) atoms. The minimum atomic E-state index is -0.142. The summed E-state index contributed by atoms with van der Waals surface area (Å²) in [6.45, 7) is 4.93. The van der Waals surface area contributed by atoms with E-state index >= 15 is 0 Å². The minimum absolute atomic E-state index is 0.0822. The van der Waals surface area contributed by atoms with Crippen LogP contribution in [0.4, 0.5) is 0 Å². The molecule has 1 aromatic heterocycles. The average molecular weight is 329 g/mol. The van der Waals surface area contributed by atoms with Gasteiger partial charge in [-0.3, -0.25) is 4.79 Å². The van der Waals surface area contributed by atoms with Crippen LogP contribution >= 0.6 is 15.9 Å². The first kappa shape index (κ1) is 16.0. The van der Waals surface area contributed by atoms with Gasteiger partial charge in [0, 0.05) is 18.1 Å². The number of carbonyl (C=O) groups excluding carboxylic acids is 1. The Balaban J connectivity index is 2.60. The number of rotatable bonds is 7. The fraction of sp³-hybridized carbons (Fsp3) is 0.571. The summed E-state index contributed by atoms with van der Waals surface area (Å²) in [4.78, 5) is 16.1. The highest BCUT2D eigenvalue weighted by Gasteiger charge is 2.20. The van der Waals surface area contributed by atoms with E-state index in [1.807, 2.05) is 0 Å².